The van der Waals surface area contributed by atoms with Gasteiger partial charge in [-0.2, -0.15) is 4.58 Å². The number of rotatable bonds is 17. The van der Waals surface area contributed by atoms with E-state index in [0.29, 0.717) is 46.2 Å². The molecule has 1 N–H and O–H groups in total. The number of nitrogens with zero attached hydrogens (tertiary/aromatic N) is 5. The zero-order chi connectivity index (χ0) is 30.7. The smallest absolute Gasteiger partial charge is 0.209 e. The molecule has 0 aromatic heterocycles. The van der Waals surface area contributed by atoms with E-state index in [9.17, 15) is 5.11 Å². The number of benzene rings is 2. The fourth-order valence-electron chi connectivity index (χ4n) is 6.07. The molecule has 43 heavy (non-hydrogen) atoms. The highest BCUT2D eigenvalue weighted by Gasteiger charge is 2.44. The fraction of sp³-hybridized carbons (Fsp3) is 0.500. The molecule has 2 heterocycles. The second kappa shape index (κ2) is 15.3. The summed E-state index contributed by atoms with van der Waals surface area (Å²) in [6.45, 7) is 14.1. The lowest BCUT2D eigenvalue weighted by Crippen LogP contribution is -2.29. The highest BCUT2D eigenvalue weighted by atomic mass is 16.5. The average Bonchev–Trinajstić information content (AvgIpc) is 3.35. The van der Waals surface area contributed by atoms with Gasteiger partial charge in [0, 0.05) is 65.5 Å². The van der Waals surface area contributed by atoms with Crippen LogP contribution in [0.25, 0.3) is 10.4 Å². The average molecular weight is 589 g/mol. The Balaban J connectivity index is 1.43. The van der Waals surface area contributed by atoms with Gasteiger partial charge in [0.1, 0.15) is 0 Å². The Morgan fingerprint density at radius 2 is 1.53 bits per heavy atom. The first-order chi connectivity index (χ1) is 20.8. The topological polar surface area (TPSA) is 103 Å². The minimum atomic E-state index is -0.155. The molecule has 0 bridgehead atoms. The minimum Gasteiger partial charge on any atom is -0.396 e. The van der Waals surface area contributed by atoms with Gasteiger partial charge in [0.25, 0.3) is 0 Å². The number of ether oxygens (including phenoxy) is 3. The van der Waals surface area contributed by atoms with Crippen LogP contribution in [0.4, 0.5) is 11.4 Å². The number of hydrogen-bond acceptors (Lipinski definition) is 6. The lowest BCUT2D eigenvalue weighted by atomic mass is 9.81. The van der Waals surface area contributed by atoms with Crippen molar-refractivity contribution in [2.24, 2.45) is 5.11 Å². The van der Waals surface area contributed by atoms with Crippen LogP contribution < -0.4 is 4.90 Å². The van der Waals surface area contributed by atoms with E-state index in [-0.39, 0.29) is 17.4 Å². The Bertz CT molecular complexity index is 1370. The van der Waals surface area contributed by atoms with Gasteiger partial charge in [-0.3, -0.25) is 0 Å². The van der Waals surface area contributed by atoms with Gasteiger partial charge < -0.3 is 24.2 Å². The molecule has 230 valence electrons. The number of aliphatic hydroxyl groups is 1. The highest BCUT2D eigenvalue weighted by Crippen LogP contribution is 2.47. The molecule has 0 atom stereocenters. The second-order valence-corrected chi connectivity index (χ2v) is 11.8. The van der Waals surface area contributed by atoms with Gasteiger partial charge in [0.2, 0.25) is 5.69 Å². The molecule has 9 nitrogen and oxygen atoms in total. The Morgan fingerprint density at radius 3 is 2.26 bits per heavy atom. The van der Waals surface area contributed by atoms with Crippen LogP contribution in [-0.2, 0) is 25.0 Å². The van der Waals surface area contributed by atoms with Crippen molar-refractivity contribution in [3.05, 3.63) is 94.0 Å². The largest absolute Gasteiger partial charge is 0.396 e. The Morgan fingerprint density at radius 1 is 0.884 bits per heavy atom. The van der Waals surface area contributed by atoms with E-state index in [1.807, 2.05) is 0 Å². The molecule has 0 aliphatic carbocycles. The molecular weight excluding hydrogens is 542 g/mol. The molecule has 2 aliphatic rings. The Labute approximate surface area is 255 Å². The zero-order valence-corrected chi connectivity index (χ0v) is 26.0. The number of azide groups is 1. The van der Waals surface area contributed by atoms with Gasteiger partial charge in [-0.05, 0) is 37.1 Å². The van der Waals surface area contributed by atoms with E-state index in [2.05, 4.69) is 114 Å². The zero-order valence-electron chi connectivity index (χ0n) is 26.0. The molecular formula is C34H46N5O4+. The number of hydrogen-bond donors (Lipinski definition) is 1. The lowest BCUT2D eigenvalue weighted by molar-refractivity contribution is -0.438. The van der Waals surface area contributed by atoms with Crippen molar-refractivity contribution >= 4 is 17.1 Å². The van der Waals surface area contributed by atoms with Crippen LogP contribution in [-0.4, -0.2) is 81.3 Å². The number of allylic oxidation sites excluding steroid dienone is 4. The molecule has 0 spiro atoms. The highest BCUT2D eigenvalue weighted by molar-refractivity contribution is 6.03. The summed E-state index contributed by atoms with van der Waals surface area (Å²) in [6.07, 6.45) is 7.40. The summed E-state index contributed by atoms with van der Waals surface area (Å²) in [7, 11) is 0. The second-order valence-electron chi connectivity index (χ2n) is 11.8. The summed E-state index contributed by atoms with van der Waals surface area (Å²) < 4.78 is 19.2. The molecule has 2 aromatic rings. The normalized spacial score (nSPS) is 17.5. The minimum absolute atomic E-state index is 0.136. The summed E-state index contributed by atoms with van der Waals surface area (Å²) >= 11 is 0. The van der Waals surface area contributed by atoms with Gasteiger partial charge in [-0.25, -0.2) is 0 Å². The van der Waals surface area contributed by atoms with Crippen LogP contribution in [0.5, 0.6) is 0 Å². The molecule has 0 radical (unpaired) electrons. The van der Waals surface area contributed by atoms with E-state index in [4.69, 9.17) is 19.7 Å². The maximum atomic E-state index is 9.57. The van der Waals surface area contributed by atoms with Crippen molar-refractivity contribution in [1.29, 1.82) is 0 Å². The van der Waals surface area contributed by atoms with Gasteiger partial charge >= 0.3 is 0 Å². The summed E-state index contributed by atoms with van der Waals surface area (Å²) in [4.78, 5) is 5.07. The van der Waals surface area contributed by atoms with Crippen LogP contribution in [0.3, 0.4) is 0 Å². The summed E-state index contributed by atoms with van der Waals surface area (Å²) in [6, 6.07) is 17.2. The van der Waals surface area contributed by atoms with E-state index in [0.717, 1.165) is 19.5 Å². The molecule has 2 aromatic carbocycles. The maximum Gasteiger partial charge on any atom is 0.209 e. The van der Waals surface area contributed by atoms with E-state index in [1.54, 1.807) is 0 Å². The summed E-state index contributed by atoms with van der Waals surface area (Å²) in [5.41, 5.74) is 15.5. The van der Waals surface area contributed by atoms with Crippen molar-refractivity contribution in [3.63, 3.8) is 0 Å². The molecule has 4 rings (SSSR count). The fourth-order valence-corrected chi connectivity index (χ4v) is 6.07. The summed E-state index contributed by atoms with van der Waals surface area (Å²) in [5, 5.41) is 13.0. The third kappa shape index (κ3) is 7.55. The first kappa shape index (κ1) is 32.5. The standard InChI is InChI=1S/C34H46N5O4/c1-33(2)27-11-5-7-13-29(27)38(18-10-20-40)31(33)15-9-16-32-34(3,4)28-12-6-8-14-30(28)39(32)19-22-42-24-26-43-25-23-41-21-17-36-37-35/h5-9,11-16,40H,10,17-26H2,1-4H3/q+1. The molecule has 0 fully saturated rings. The van der Waals surface area contributed by atoms with Crippen molar-refractivity contribution in [2.75, 3.05) is 70.8 Å². The number of fused-ring (bicyclic) bond motifs is 2. The molecule has 0 saturated heterocycles. The van der Waals surface area contributed by atoms with Gasteiger partial charge in [0.15, 0.2) is 12.3 Å². The predicted octanol–water partition coefficient (Wildman–Crippen LogP) is 6.04. The summed E-state index contributed by atoms with van der Waals surface area (Å²) in [5.74, 6) is 0. The van der Waals surface area contributed by atoms with Crippen LogP contribution in [0, 0.1) is 0 Å². The molecule has 2 aliphatic heterocycles. The molecule has 0 saturated carbocycles. The van der Waals surface area contributed by atoms with Gasteiger partial charge in [-0.1, -0.05) is 61.4 Å². The molecule has 0 unspecified atom stereocenters. The van der Waals surface area contributed by atoms with Crippen molar-refractivity contribution in [1.82, 2.24) is 0 Å². The number of anilines is 1. The van der Waals surface area contributed by atoms with Crippen molar-refractivity contribution < 1.29 is 23.9 Å². The van der Waals surface area contributed by atoms with Crippen LogP contribution in [0.1, 0.15) is 45.2 Å². The monoisotopic (exact) mass is 588 g/mol. The van der Waals surface area contributed by atoms with Crippen molar-refractivity contribution in [2.45, 2.75) is 44.9 Å². The van der Waals surface area contributed by atoms with Crippen LogP contribution in [0.15, 0.2) is 77.6 Å². The lowest BCUT2D eigenvalue weighted by Gasteiger charge is -2.27. The third-order valence-corrected chi connectivity index (χ3v) is 8.25. The number of para-hydroxylation sites is 2. The van der Waals surface area contributed by atoms with E-state index >= 15 is 0 Å². The maximum absolute atomic E-state index is 9.57. The Hall–Kier alpha value is -3.46. The predicted molar refractivity (Wildman–Crippen MR) is 171 cm³/mol. The first-order valence-electron chi connectivity index (χ1n) is 15.2. The molecule has 0 amide bonds. The van der Waals surface area contributed by atoms with Gasteiger partial charge in [0.05, 0.1) is 45.1 Å². The first-order valence-corrected chi connectivity index (χ1v) is 15.2. The quantitative estimate of drug-likeness (QED) is 0.0798. The van der Waals surface area contributed by atoms with Crippen molar-refractivity contribution in [3.8, 4) is 0 Å². The number of aliphatic hydroxyl groups excluding tert-OH is 1. The van der Waals surface area contributed by atoms with Crippen LogP contribution in [0.2, 0.25) is 0 Å². The van der Waals surface area contributed by atoms with E-state index < -0.39 is 0 Å². The van der Waals surface area contributed by atoms with Gasteiger partial charge in [-0.15, -0.1) is 0 Å². The third-order valence-electron chi connectivity index (χ3n) is 8.25. The molecule has 9 heteroatoms. The van der Waals surface area contributed by atoms with Crippen LogP contribution >= 0.6 is 0 Å². The van der Waals surface area contributed by atoms with E-state index in [1.165, 1.54) is 33.9 Å². The SMILES string of the molecule is CC1(C)C(/C=C/C=C2/N(CCOCCOCCOCCN=[N+]=[N-])c3ccccc3C2(C)C)=[N+](CCCO)c2ccccc21. The Kier molecular flexibility index (Phi) is 11.6.